The van der Waals surface area contributed by atoms with Crippen LogP contribution in [0.25, 0.3) is 22.0 Å². The van der Waals surface area contributed by atoms with E-state index in [9.17, 15) is 9.32 Å². The van der Waals surface area contributed by atoms with Crippen LogP contribution in [-0.4, -0.2) is 25.8 Å². The Morgan fingerprint density at radius 3 is 2.48 bits per heavy atom. The van der Waals surface area contributed by atoms with E-state index in [-0.39, 0.29) is 5.75 Å². The zero-order valence-electron chi connectivity index (χ0n) is 11.3. The number of hydrogen-bond donors (Lipinski definition) is 2. The second-order valence-electron chi connectivity index (χ2n) is 4.61. The fourth-order valence-electron chi connectivity index (χ4n) is 2.21. The van der Waals surface area contributed by atoms with Crippen LogP contribution in [0.3, 0.4) is 0 Å². The van der Waals surface area contributed by atoms with Gasteiger partial charge in [-0.25, -0.2) is 0 Å². The highest BCUT2D eigenvalue weighted by atomic mass is 32.2. The maximum Gasteiger partial charge on any atom is 0.154 e. The van der Waals surface area contributed by atoms with E-state index in [1.54, 1.807) is 18.4 Å². The average molecular weight is 299 g/mol. The van der Waals surface area contributed by atoms with Crippen molar-refractivity contribution in [3.63, 3.8) is 0 Å². The molecule has 5 nitrogen and oxygen atoms in total. The molecule has 1 atom stereocenters. The zero-order valence-corrected chi connectivity index (χ0v) is 12.1. The van der Waals surface area contributed by atoms with Gasteiger partial charge in [0.1, 0.15) is 11.4 Å². The number of aromatic nitrogens is 2. The van der Waals surface area contributed by atoms with Crippen molar-refractivity contribution in [2.24, 2.45) is 0 Å². The lowest BCUT2D eigenvalue weighted by Crippen LogP contribution is -1.98. The number of phenols is 1. The van der Waals surface area contributed by atoms with Crippen molar-refractivity contribution in [1.29, 1.82) is 0 Å². The fraction of sp³-hybridized carbons (Fsp3) is 0.0667. The highest BCUT2D eigenvalue weighted by Gasteiger charge is 2.13. The van der Waals surface area contributed by atoms with Crippen molar-refractivity contribution in [3.8, 4) is 17.0 Å². The second-order valence-corrected chi connectivity index (χ2v) is 5.99. The summed E-state index contributed by atoms with van der Waals surface area (Å²) in [5, 5.41) is 19.8. The molecule has 6 heteroatoms. The number of fused-ring (bicyclic) bond motifs is 1. The molecule has 3 rings (SSSR count). The summed E-state index contributed by atoms with van der Waals surface area (Å²) in [4.78, 5) is 0.559. The van der Waals surface area contributed by atoms with E-state index >= 15 is 0 Å². The van der Waals surface area contributed by atoms with E-state index in [2.05, 4.69) is 10.2 Å². The minimum atomic E-state index is -1.15. The Morgan fingerprint density at radius 2 is 1.81 bits per heavy atom. The molecule has 0 bridgehead atoms. The van der Waals surface area contributed by atoms with Gasteiger partial charge in [0.2, 0.25) is 0 Å². The molecule has 1 aromatic heterocycles. The highest BCUT2D eigenvalue weighted by Crippen LogP contribution is 2.34. The molecule has 106 valence electrons. The minimum Gasteiger partial charge on any atom is -0.507 e. The van der Waals surface area contributed by atoms with Crippen LogP contribution >= 0.6 is 0 Å². The highest BCUT2D eigenvalue weighted by molar-refractivity contribution is 7.84. The van der Waals surface area contributed by atoms with Crippen molar-refractivity contribution in [2.45, 2.75) is 4.90 Å². The van der Waals surface area contributed by atoms with Crippen molar-refractivity contribution in [3.05, 3.63) is 42.5 Å². The van der Waals surface area contributed by atoms with Gasteiger partial charge in [-0.3, -0.25) is 4.21 Å². The molecule has 0 radical (unpaired) electrons. The third-order valence-corrected chi connectivity index (χ3v) is 4.19. The van der Waals surface area contributed by atoms with Crippen molar-refractivity contribution < 1.29 is 9.32 Å². The number of aromatic hydroxyl groups is 1. The standard InChI is InChI=1S/C15H13N3O2S/c1-21(20)9-6-7-12(13(19)8-9)14-10-4-2-3-5-11(10)15(16)18-17-14/h2-8,19H,1H3,(H2,16,18). The molecule has 0 aliphatic carbocycles. The first-order valence-corrected chi connectivity index (χ1v) is 7.81. The summed E-state index contributed by atoms with van der Waals surface area (Å²) in [6.45, 7) is 0. The molecule has 0 fully saturated rings. The van der Waals surface area contributed by atoms with Gasteiger partial charge >= 0.3 is 0 Å². The Balaban J connectivity index is 2.26. The molecule has 0 saturated heterocycles. The monoisotopic (exact) mass is 299 g/mol. The van der Waals surface area contributed by atoms with E-state index in [1.165, 1.54) is 6.07 Å². The summed E-state index contributed by atoms with van der Waals surface area (Å²) >= 11 is 0. The summed E-state index contributed by atoms with van der Waals surface area (Å²) < 4.78 is 11.5. The molecular formula is C15H13N3O2S. The van der Waals surface area contributed by atoms with Gasteiger partial charge in [-0.05, 0) is 18.2 Å². The van der Waals surface area contributed by atoms with Gasteiger partial charge < -0.3 is 10.8 Å². The Bertz CT molecular complexity index is 865. The lowest BCUT2D eigenvalue weighted by molar-refractivity contribution is 0.475. The number of benzene rings is 2. The first kappa shape index (κ1) is 13.5. The number of anilines is 1. The number of phenolic OH excluding ortho intramolecular Hbond substituents is 1. The zero-order chi connectivity index (χ0) is 15.0. The Kier molecular flexibility index (Phi) is 3.31. The van der Waals surface area contributed by atoms with Crippen molar-refractivity contribution in [1.82, 2.24) is 10.2 Å². The topological polar surface area (TPSA) is 89.1 Å². The summed E-state index contributed by atoms with van der Waals surface area (Å²) in [6, 6.07) is 12.4. The summed E-state index contributed by atoms with van der Waals surface area (Å²) in [5.74, 6) is 0.368. The average Bonchev–Trinajstić information content (AvgIpc) is 2.48. The van der Waals surface area contributed by atoms with Gasteiger partial charge in [0.15, 0.2) is 5.82 Å². The minimum absolute atomic E-state index is 0.0203. The van der Waals surface area contributed by atoms with E-state index in [0.29, 0.717) is 22.0 Å². The number of nitrogens with zero attached hydrogens (tertiary/aromatic N) is 2. The first-order valence-electron chi connectivity index (χ1n) is 6.25. The Labute approximate surface area is 123 Å². The normalized spacial score (nSPS) is 12.4. The molecular weight excluding hydrogens is 286 g/mol. The molecule has 3 aromatic rings. The Hall–Kier alpha value is -2.47. The molecule has 0 spiro atoms. The molecule has 21 heavy (non-hydrogen) atoms. The predicted octanol–water partition coefficient (Wildman–Crippen LogP) is 2.32. The van der Waals surface area contributed by atoms with E-state index < -0.39 is 10.8 Å². The molecule has 0 saturated carbocycles. The molecule has 0 aliphatic heterocycles. The van der Waals surface area contributed by atoms with Crippen LogP contribution in [0.5, 0.6) is 5.75 Å². The molecule has 0 amide bonds. The van der Waals surface area contributed by atoms with E-state index in [4.69, 9.17) is 5.73 Å². The van der Waals surface area contributed by atoms with Crippen LogP contribution in [0.1, 0.15) is 0 Å². The summed E-state index contributed by atoms with van der Waals surface area (Å²) in [7, 11) is -1.15. The number of rotatable bonds is 2. The van der Waals surface area contributed by atoms with E-state index in [1.807, 2.05) is 24.3 Å². The van der Waals surface area contributed by atoms with Crippen molar-refractivity contribution >= 4 is 27.4 Å². The third-order valence-electron chi connectivity index (χ3n) is 3.27. The number of nitrogens with two attached hydrogens (primary N) is 1. The van der Waals surface area contributed by atoms with Gasteiger partial charge in [-0.15, -0.1) is 10.2 Å². The van der Waals surface area contributed by atoms with Gasteiger partial charge in [0.25, 0.3) is 0 Å². The van der Waals surface area contributed by atoms with Crippen LogP contribution in [-0.2, 0) is 10.8 Å². The summed E-state index contributed by atoms with van der Waals surface area (Å²) in [6.07, 6.45) is 1.56. The van der Waals surface area contributed by atoms with Crippen LogP contribution < -0.4 is 5.73 Å². The lowest BCUT2D eigenvalue weighted by Gasteiger charge is -2.09. The molecule has 3 N–H and O–H groups in total. The predicted molar refractivity (Wildman–Crippen MR) is 83.4 cm³/mol. The maximum absolute atomic E-state index is 11.5. The molecule has 1 unspecified atom stereocenters. The van der Waals surface area contributed by atoms with Gasteiger partial charge in [-0.2, -0.15) is 0 Å². The number of hydrogen-bond acceptors (Lipinski definition) is 5. The summed E-state index contributed by atoms with van der Waals surface area (Å²) in [5.41, 5.74) is 6.91. The maximum atomic E-state index is 11.5. The largest absolute Gasteiger partial charge is 0.507 e. The van der Waals surface area contributed by atoms with E-state index in [0.717, 1.165) is 10.8 Å². The second kappa shape index (κ2) is 5.14. The first-order chi connectivity index (χ1) is 10.1. The Morgan fingerprint density at radius 1 is 1.10 bits per heavy atom. The molecule has 0 aliphatic rings. The van der Waals surface area contributed by atoms with Gasteiger partial charge in [0.05, 0.1) is 0 Å². The molecule has 2 aromatic carbocycles. The molecule has 1 heterocycles. The quantitative estimate of drug-likeness (QED) is 0.758. The smallest absolute Gasteiger partial charge is 0.154 e. The van der Waals surface area contributed by atoms with Gasteiger partial charge in [-0.1, -0.05) is 24.3 Å². The SMILES string of the molecule is CS(=O)c1ccc(-c2nnc(N)c3ccccc23)c(O)c1. The van der Waals surface area contributed by atoms with Crippen LogP contribution in [0.4, 0.5) is 5.82 Å². The van der Waals surface area contributed by atoms with Crippen molar-refractivity contribution in [2.75, 3.05) is 12.0 Å². The third kappa shape index (κ3) is 2.34. The van der Waals surface area contributed by atoms with Crippen LogP contribution in [0, 0.1) is 0 Å². The van der Waals surface area contributed by atoms with Crippen LogP contribution in [0.15, 0.2) is 47.4 Å². The number of nitrogen functional groups attached to an aromatic ring is 1. The lowest BCUT2D eigenvalue weighted by atomic mass is 10.0. The van der Waals surface area contributed by atoms with Crippen LogP contribution in [0.2, 0.25) is 0 Å². The van der Waals surface area contributed by atoms with Gasteiger partial charge in [0, 0.05) is 38.3 Å². The fourth-order valence-corrected chi connectivity index (χ4v) is 2.75.